The third-order valence-electron chi connectivity index (χ3n) is 3.07. The van der Waals surface area contributed by atoms with Crippen molar-refractivity contribution in [1.29, 1.82) is 0 Å². The van der Waals surface area contributed by atoms with Crippen LogP contribution in [-0.4, -0.2) is 13.7 Å². The Morgan fingerprint density at radius 3 is 2.84 bits per heavy atom. The maximum atomic E-state index is 5.28. The van der Waals surface area contributed by atoms with Gasteiger partial charge in [0.2, 0.25) is 0 Å². The van der Waals surface area contributed by atoms with E-state index in [1.807, 2.05) is 18.2 Å². The van der Waals surface area contributed by atoms with Gasteiger partial charge in [-0.05, 0) is 42.8 Å². The number of ether oxygens (including phenoxy) is 1. The zero-order valence-electron chi connectivity index (χ0n) is 11.2. The quantitative estimate of drug-likeness (QED) is 0.874. The Bertz CT molecular complexity index is 511. The summed E-state index contributed by atoms with van der Waals surface area (Å²) in [6, 6.07) is 8.28. The van der Waals surface area contributed by atoms with Crippen molar-refractivity contribution in [3.63, 3.8) is 0 Å². The summed E-state index contributed by atoms with van der Waals surface area (Å²) >= 11 is 3.60. The van der Waals surface area contributed by atoms with Gasteiger partial charge in [-0.15, -0.1) is 0 Å². The Hall–Kier alpha value is -1.26. The molecule has 1 heterocycles. The van der Waals surface area contributed by atoms with E-state index in [0.717, 1.165) is 28.8 Å². The SMILES string of the molecule is CCNC(Cc1cc(OC)ccc1Br)c1ccoc1. The molecule has 0 saturated carbocycles. The van der Waals surface area contributed by atoms with Gasteiger partial charge in [-0.1, -0.05) is 22.9 Å². The largest absolute Gasteiger partial charge is 0.497 e. The number of rotatable bonds is 6. The molecule has 2 rings (SSSR count). The molecule has 0 aliphatic heterocycles. The van der Waals surface area contributed by atoms with Crippen molar-refractivity contribution in [2.24, 2.45) is 0 Å². The molecule has 0 aliphatic carbocycles. The number of benzene rings is 1. The highest BCUT2D eigenvalue weighted by atomic mass is 79.9. The zero-order valence-corrected chi connectivity index (χ0v) is 12.7. The molecule has 3 nitrogen and oxygen atoms in total. The zero-order chi connectivity index (χ0) is 13.7. The molecule has 0 aliphatic rings. The minimum atomic E-state index is 0.243. The van der Waals surface area contributed by atoms with Crippen LogP contribution in [0.1, 0.15) is 24.1 Å². The molecular formula is C15H18BrNO2. The van der Waals surface area contributed by atoms with Crippen molar-refractivity contribution >= 4 is 15.9 Å². The van der Waals surface area contributed by atoms with E-state index in [0.29, 0.717) is 0 Å². The molecule has 0 radical (unpaired) electrons. The van der Waals surface area contributed by atoms with E-state index in [2.05, 4.69) is 34.2 Å². The Balaban J connectivity index is 2.21. The highest BCUT2D eigenvalue weighted by Crippen LogP contribution is 2.27. The van der Waals surface area contributed by atoms with E-state index in [1.54, 1.807) is 19.6 Å². The van der Waals surface area contributed by atoms with Crippen molar-refractivity contribution in [2.45, 2.75) is 19.4 Å². The number of nitrogens with one attached hydrogen (secondary N) is 1. The lowest BCUT2D eigenvalue weighted by Gasteiger charge is -2.17. The number of likely N-dealkylation sites (N-methyl/N-ethyl adjacent to an activating group) is 1. The molecule has 1 aromatic heterocycles. The molecule has 0 saturated heterocycles. The number of halogens is 1. The van der Waals surface area contributed by atoms with E-state index in [9.17, 15) is 0 Å². The number of hydrogen-bond donors (Lipinski definition) is 1. The van der Waals surface area contributed by atoms with Gasteiger partial charge in [0.05, 0.1) is 19.6 Å². The third kappa shape index (κ3) is 3.61. The van der Waals surface area contributed by atoms with Gasteiger partial charge in [0, 0.05) is 16.1 Å². The lowest BCUT2D eigenvalue weighted by atomic mass is 10.0. The summed E-state index contributed by atoms with van der Waals surface area (Å²) in [5.41, 5.74) is 2.38. The predicted octanol–water partition coefficient (Wildman–Crippen LogP) is 3.94. The van der Waals surface area contributed by atoms with E-state index in [-0.39, 0.29) is 6.04 Å². The van der Waals surface area contributed by atoms with E-state index in [1.165, 1.54) is 5.56 Å². The number of hydrogen-bond acceptors (Lipinski definition) is 3. The first kappa shape index (κ1) is 14.2. The van der Waals surface area contributed by atoms with Crippen LogP contribution in [0.5, 0.6) is 5.75 Å². The smallest absolute Gasteiger partial charge is 0.119 e. The van der Waals surface area contributed by atoms with Crippen molar-refractivity contribution in [3.8, 4) is 5.75 Å². The molecule has 19 heavy (non-hydrogen) atoms. The number of methoxy groups -OCH3 is 1. The summed E-state index contributed by atoms with van der Waals surface area (Å²) in [6.07, 6.45) is 4.38. The Morgan fingerprint density at radius 2 is 2.21 bits per heavy atom. The standard InChI is InChI=1S/C15H18BrNO2/c1-3-17-15(11-6-7-19-10-11)9-12-8-13(18-2)4-5-14(12)16/h4-8,10,15,17H,3,9H2,1-2H3. The highest BCUT2D eigenvalue weighted by molar-refractivity contribution is 9.10. The van der Waals surface area contributed by atoms with Gasteiger partial charge in [0.1, 0.15) is 5.75 Å². The Labute approximate surface area is 122 Å². The second kappa shape index (κ2) is 6.78. The summed E-state index contributed by atoms with van der Waals surface area (Å²) in [5.74, 6) is 0.876. The summed E-state index contributed by atoms with van der Waals surface area (Å²) in [6.45, 7) is 3.02. The van der Waals surface area contributed by atoms with Crippen molar-refractivity contribution in [2.75, 3.05) is 13.7 Å². The lowest BCUT2D eigenvalue weighted by Crippen LogP contribution is -2.22. The lowest BCUT2D eigenvalue weighted by molar-refractivity contribution is 0.413. The fraction of sp³-hybridized carbons (Fsp3) is 0.333. The second-order valence-electron chi connectivity index (χ2n) is 4.33. The third-order valence-corrected chi connectivity index (χ3v) is 3.85. The van der Waals surface area contributed by atoms with Crippen LogP contribution in [0.15, 0.2) is 45.7 Å². The van der Waals surface area contributed by atoms with Gasteiger partial charge < -0.3 is 14.5 Å². The van der Waals surface area contributed by atoms with Gasteiger partial charge in [0.25, 0.3) is 0 Å². The van der Waals surface area contributed by atoms with Crippen LogP contribution in [0.2, 0.25) is 0 Å². The average molecular weight is 324 g/mol. The summed E-state index contributed by atoms with van der Waals surface area (Å²) < 4.78 is 11.6. The molecule has 102 valence electrons. The molecule has 2 aromatic rings. The molecule has 0 spiro atoms. The van der Waals surface area contributed by atoms with E-state index in [4.69, 9.17) is 9.15 Å². The first-order chi connectivity index (χ1) is 9.24. The van der Waals surface area contributed by atoms with Crippen molar-refractivity contribution in [1.82, 2.24) is 5.32 Å². The van der Waals surface area contributed by atoms with Crippen LogP contribution in [0.25, 0.3) is 0 Å². The summed E-state index contributed by atoms with van der Waals surface area (Å²) in [7, 11) is 1.69. The minimum Gasteiger partial charge on any atom is -0.497 e. The van der Waals surface area contributed by atoms with Gasteiger partial charge in [-0.3, -0.25) is 0 Å². The van der Waals surface area contributed by atoms with Gasteiger partial charge in [-0.2, -0.15) is 0 Å². The summed E-state index contributed by atoms with van der Waals surface area (Å²) in [4.78, 5) is 0. The van der Waals surface area contributed by atoms with Crippen molar-refractivity contribution in [3.05, 3.63) is 52.4 Å². The minimum absolute atomic E-state index is 0.243. The Morgan fingerprint density at radius 1 is 1.37 bits per heavy atom. The highest BCUT2D eigenvalue weighted by Gasteiger charge is 2.14. The maximum Gasteiger partial charge on any atom is 0.119 e. The van der Waals surface area contributed by atoms with Crippen LogP contribution in [0, 0.1) is 0 Å². The first-order valence-corrected chi connectivity index (χ1v) is 7.11. The number of furan rings is 1. The van der Waals surface area contributed by atoms with E-state index < -0.39 is 0 Å². The van der Waals surface area contributed by atoms with E-state index >= 15 is 0 Å². The molecular weight excluding hydrogens is 306 g/mol. The first-order valence-electron chi connectivity index (χ1n) is 6.32. The fourth-order valence-corrected chi connectivity index (χ4v) is 2.49. The molecule has 0 fully saturated rings. The fourth-order valence-electron chi connectivity index (χ4n) is 2.08. The van der Waals surface area contributed by atoms with Crippen LogP contribution in [0.3, 0.4) is 0 Å². The van der Waals surface area contributed by atoms with Crippen LogP contribution in [0.4, 0.5) is 0 Å². The molecule has 0 bridgehead atoms. The average Bonchev–Trinajstić information content (AvgIpc) is 2.94. The van der Waals surface area contributed by atoms with Gasteiger partial charge >= 0.3 is 0 Å². The second-order valence-corrected chi connectivity index (χ2v) is 5.18. The molecule has 1 atom stereocenters. The molecule has 1 aromatic carbocycles. The van der Waals surface area contributed by atoms with Crippen LogP contribution in [-0.2, 0) is 6.42 Å². The normalized spacial score (nSPS) is 12.4. The maximum absolute atomic E-state index is 5.28. The van der Waals surface area contributed by atoms with Crippen molar-refractivity contribution < 1.29 is 9.15 Å². The molecule has 1 unspecified atom stereocenters. The van der Waals surface area contributed by atoms with Gasteiger partial charge in [-0.25, -0.2) is 0 Å². The van der Waals surface area contributed by atoms with Crippen LogP contribution < -0.4 is 10.1 Å². The van der Waals surface area contributed by atoms with Gasteiger partial charge in [0.15, 0.2) is 0 Å². The Kier molecular flexibility index (Phi) is 5.05. The predicted molar refractivity (Wildman–Crippen MR) is 79.5 cm³/mol. The molecule has 0 amide bonds. The monoisotopic (exact) mass is 323 g/mol. The van der Waals surface area contributed by atoms with Crippen LogP contribution >= 0.6 is 15.9 Å². The summed E-state index contributed by atoms with van der Waals surface area (Å²) in [5, 5.41) is 3.48. The molecule has 1 N–H and O–H groups in total. The molecule has 4 heteroatoms. The topological polar surface area (TPSA) is 34.4 Å².